The van der Waals surface area contributed by atoms with Gasteiger partial charge in [-0.3, -0.25) is 14.7 Å². The molecule has 5 nitrogen and oxygen atoms in total. The summed E-state index contributed by atoms with van der Waals surface area (Å²) in [6, 6.07) is 13.7. The van der Waals surface area contributed by atoms with Crippen molar-refractivity contribution in [3.05, 3.63) is 59.9 Å². The molecule has 1 saturated heterocycles. The lowest BCUT2D eigenvalue weighted by atomic mass is 10.0. The van der Waals surface area contributed by atoms with E-state index >= 15 is 0 Å². The van der Waals surface area contributed by atoms with Gasteiger partial charge in [0, 0.05) is 12.7 Å². The van der Waals surface area contributed by atoms with Gasteiger partial charge in [-0.25, -0.2) is 0 Å². The van der Waals surface area contributed by atoms with Crippen LogP contribution in [-0.2, 0) is 0 Å². The Labute approximate surface area is 149 Å². The minimum atomic E-state index is -0.129. The molecule has 0 radical (unpaired) electrons. The maximum atomic E-state index is 12.4. The molecule has 1 aromatic carbocycles. The van der Waals surface area contributed by atoms with Crippen LogP contribution < -0.4 is 10.1 Å². The predicted molar refractivity (Wildman–Crippen MR) is 97.7 cm³/mol. The molecule has 1 amide bonds. The molecule has 1 aliphatic heterocycles. The third-order valence-electron chi connectivity index (χ3n) is 4.69. The number of hydrogen-bond acceptors (Lipinski definition) is 4. The van der Waals surface area contributed by atoms with Crippen LogP contribution in [0, 0.1) is 0 Å². The summed E-state index contributed by atoms with van der Waals surface area (Å²) in [5, 5.41) is 3.05. The zero-order valence-electron chi connectivity index (χ0n) is 14.6. The lowest BCUT2D eigenvalue weighted by molar-refractivity contribution is 0.0919. The van der Waals surface area contributed by atoms with Gasteiger partial charge >= 0.3 is 0 Å². The van der Waals surface area contributed by atoms with E-state index in [4.69, 9.17) is 4.74 Å². The quantitative estimate of drug-likeness (QED) is 0.879. The third-order valence-corrected chi connectivity index (χ3v) is 4.69. The van der Waals surface area contributed by atoms with Gasteiger partial charge in [-0.15, -0.1) is 0 Å². The SMILES string of the molecule is COc1ccc(C(CNC(=O)c2ccccn2)N2CCCCC2)cc1. The number of benzene rings is 1. The molecule has 0 saturated carbocycles. The Morgan fingerprint density at radius 1 is 1.16 bits per heavy atom. The standard InChI is InChI=1S/C20H25N3O2/c1-25-17-10-8-16(9-11-17)19(23-13-5-2-6-14-23)15-22-20(24)18-7-3-4-12-21-18/h3-4,7-12,19H,2,5-6,13-15H2,1H3,(H,22,24). The fourth-order valence-corrected chi connectivity index (χ4v) is 3.29. The lowest BCUT2D eigenvalue weighted by Crippen LogP contribution is -2.40. The number of amides is 1. The largest absolute Gasteiger partial charge is 0.497 e. The average molecular weight is 339 g/mol. The summed E-state index contributed by atoms with van der Waals surface area (Å²) < 4.78 is 5.26. The Balaban J connectivity index is 1.72. The first-order valence-electron chi connectivity index (χ1n) is 8.85. The first kappa shape index (κ1) is 17.4. The van der Waals surface area contributed by atoms with Gasteiger partial charge in [0.15, 0.2) is 0 Å². The number of piperidine rings is 1. The highest BCUT2D eigenvalue weighted by atomic mass is 16.5. The molecule has 1 aliphatic rings. The van der Waals surface area contributed by atoms with Crippen molar-refractivity contribution in [2.75, 3.05) is 26.7 Å². The van der Waals surface area contributed by atoms with E-state index in [1.54, 1.807) is 19.4 Å². The van der Waals surface area contributed by atoms with E-state index in [0.717, 1.165) is 18.8 Å². The van der Waals surface area contributed by atoms with Crippen LogP contribution in [0.25, 0.3) is 0 Å². The van der Waals surface area contributed by atoms with Gasteiger partial charge in [-0.2, -0.15) is 0 Å². The van der Waals surface area contributed by atoms with Gasteiger partial charge in [0.1, 0.15) is 11.4 Å². The number of methoxy groups -OCH3 is 1. The van der Waals surface area contributed by atoms with Gasteiger partial charge in [-0.1, -0.05) is 24.6 Å². The number of ether oxygens (including phenoxy) is 1. The Morgan fingerprint density at radius 3 is 2.56 bits per heavy atom. The first-order valence-corrected chi connectivity index (χ1v) is 8.85. The number of rotatable bonds is 6. The molecule has 1 N–H and O–H groups in total. The number of pyridine rings is 1. The molecule has 0 aliphatic carbocycles. The van der Waals surface area contributed by atoms with E-state index in [1.807, 2.05) is 24.3 Å². The summed E-state index contributed by atoms with van der Waals surface area (Å²) >= 11 is 0. The first-order chi connectivity index (χ1) is 12.3. The van der Waals surface area contributed by atoms with E-state index < -0.39 is 0 Å². The third kappa shape index (κ3) is 4.57. The summed E-state index contributed by atoms with van der Waals surface area (Å²) in [4.78, 5) is 18.9. The molecule has 25 heavy (non-hydrogen) atoms. The number of aromatic nitrogens is 1. The molecule has 1 aromatic heterocycles. The Kier molecular flexibility index (Phi) is 6.01. The summed E-state index contributed by atoms with van der Waals surface area (Å²) in [7, 11) is 1.67. The summed E-state index contributed by atoms with van der Waals surface area (Å²) in [5.74, 6) is 0.717. The molecular weight excluding hydrogens is 314 g/mol. The molecule has 0 spiro atoms. The van der Waals surface area contributed by atoms with Crippen molar-refractivity contribution in [1.29, 1.82) is 0 Å². The van der Waals surface area contributed by atoms with Crippen molar-refractivity contribution in [2.24, 2.45) is 0 Å². The average Bonchev–Trinajstić information content (AvgIpc) is 2.70. The van der Waals surface area contributed by atoms with Crippen LogP contribution in [0.5, 0.6) is 5.75 Å². The maximum absolute atomic E-state index is 12.4. The molecule has 1 atom stereocenters. The van der Waals surface area contributed by atoms with Crippen LogP contribution in [0.15, 0.2) is 48.7 Å². The number of hydrogen-bond donors (Lipinski definition) is 1. The van der Waals surface area contributed by atoms with Crippen LogP contribution in [0.3, 0.4) is 0 Å². The van der Waals surface area contributed by atoms with Crippen LogP contribution in [0.1, 0.15) is 41.4 Å². The highest BCUT2D eigenvalue weighted by Gasteiger charge is 2.23. The monoisotopic (exact) mass is 339 g/mol. The minimum absolute atomic E-state index is 0.129. The summed E-state index contributed by atoms with van der Waals surface area (Å²) in [6.07, 6.45) is 5.34. The molecule has 132 valence electrons. The smallest absolute Gasteiger partial charge is 0.269 e. The number of carbonyl (C=O) groups is 1. The van der Waals surface area contributed by atoms with Crippen LogP contribution in [0.4, 0.5) is 0 Å². The second-order valence-corrected chi connectivity index (χ2v) is 6.31. The van der Waals surface area contributed by atoms with Crippen molar-refractivity contribution in [3.63, 3.8) is 0 Å². The van der Waals surface area contributed by atoms with Gasteiger partial charge in [0.2, 0.25) is 0 Å². The fraction of sp³-hybridized carbons (Fsp3) is 0.400. The normalized spacial score (nSPS) is 16.2. The molecular formula is C20H25N3O2. The molecule has 3 rings (SSSR count). The molecule has 2 heterocycles. The second kappa shape index (κ2) is 8.62. The highest BCUT2D eigenvalue weighted by molar-refractivity contribution is 5.92. The molecule has 1 fully saturated rings. The van der Waals surface area contributed by atoms with E-state index in [9.17, 15) is 4.79 Å². The molecule has 0 bridgehead atoms. The summed E-state index contributed by atoms with van der Waals surface area (Å²) in [5.41, 5.74) is 1.65. The second-order valence-electron chi connectivity index (χ2n) is 6.31. The topological polar surface area (TPSA) is 54.5 Å². The maximum Gasteiger partial charge on any atom is 0.269 e. The van der Waals surface area contributed by atoms with E-state index in [-0.39, 0.29) is 11.9 Å². The Morgan fingerprint density at radius 2 is 1.92 bits per heavy atom. The van der Waals surface area contributed by atoms with Crippen molar-refractivity contribution < 1.29 is 9.53 Å². The van der Waals surface area contributed by atoms with Crippen molar-refractivity contribution in [2.45, 2.75) is 25.3 Å². The number of nitrogens with zero attached hydrogens (tertiary/aromatic N) is 2. The van der Waals surface area contributed by atoms with Crippen molar-refractivity contribution in [3.8, 4) is 5.75 Å². The molecule has 1 unspecified atom stereocenters. The van der Waals surface area contributed by atoms with Crippen LogP contribution >= 0.6 is 0 Å². The summed E-state index contributed by atoms with van der Waals surface area (Å²) in [6.45, 7) is 2.70. The predicted octanol–water partition coefficient (Wildman–Crippen LogP) is 3.05. The van der Waals surface area contributed by atoms with Gasteiger partial charge in [0.25, 0.3) is 5.91 Å². The Bertz CT molecular complexity index is 667. The van der Waals surface area contributed by atoms with E-state index in [0.29, 0.717) is 12.2 Å². The molecule has 2 aromatic rings. The van der Waals surface area contributed by atoms with Crippen LogP contribution in [-0.4, -0.2) is 42.5 Å². The fourth-order valence-electron chi connectivity index (χ4n) is 3.29. The lowest BCUT2D eigenvalue weighted by Gasteiger charge is -2.35. The number of carbonyl (C=O) groups excluding carboxylic acids is 1. The van der Waals surface area contributed by atoms with Gasteiger partial charge < -0.3 is 10.1 Å². The number of nitrogens with one attached hydrogen (secondary N) is 1. The van der Waals surface area contributed by atoms with Crippen molar-refractivity contribution >= 4 is 5.91 Å². The van der Waals surface area contributed by atoms with Crippen LogP contribution in [0.2, 0.25) is 0 Å². The van der Waals surface area contributed by atoms with E-state index in [2.05, 4.69) is 27.3 Å². The van der Waals surface area contributed by atoms with E-state index in [1.165, 1.54) is 24.8 Å². The van der Waals surface area contributed by atoms with Crippen molar-refractivity contribution in [1.82, 2.24) is 15.2 Å². The van der Waals surface area contributed by atoms with Gasteiger partial charge in [0.05, 0.1) is 13.2 Å². The Hall–Kier alpha value is -2.40. The zero-order chi connectivity index (χ0) is 17.5. The highest BCUT2D eigenvalue weighted by Crippen LogP contribution is 2.25. The minimum Gasteiger partial charge on any atom is -0.497 e. The molecule has 5 heteroatoms. The number of likely N-dealkylation sites (tertiary alicyclic amines) is 1. The zero-order valence-corrected chi connectivity index (χ0v) is 14.6. The van der Waals surface area contributed by atoms with Gasteiger partial charge in [-0.05, 0) is 55.8 Å².